The summed E-state index contributed by atoms with van der Waals surface area (Å²) in [6.07, 6.45) is 3.51. The lowest BCUT2D eigenvalue weighted by atomic mass is 10.1. The number of carbonyl (C=O) groups is 2. The smallest absolute Gasteiger partial charge is 0.243 e. The molecule has 0 heterocycles. The van der Waals surface area contributed by atoms with Crippen molar-refractivity contribution in [1.82, 2.24) is 4.90 Å². The maximum absolute atomic E-state index is 12.6. The van der Waals surface area contributed by atoms with E-state index >= 15 is 0 Å². The standard InChI is InChI=1S/C22H26N2O2S/c1-15-7-10-19(11-8-15)23-21(25)14-24(3)22(26)16(2)27-20-12-9-17-5-4-6-18(17)13-20/h7-13,16H,4-6,14H2,1-3H3,(H,23,25)/t16-/m0/s1. The second kappa shape index (κ2) is 8.61. The highest BCUT2D eigenvalue weighted by atomic mass is 32.2. The van der Waals surface area contributed by atoms with E-state index in [1.165, 1.54) is 22.4 Å². The number of amides is 2. The van der Waals surface area contributed by atoms with Crippen molar-refractivity contribution in [1.29, 1.82) is 0 Å². The van der Waals surface area contributed by atoms with E-state index in [0.717, 1.165) is 29.0 Å². The molecule has 0 spiro atoms. The van der Waals surface area contributed by atoms with Crippen molar-refractivity contribution in [3.63, 3.8) is 0 Å². The van der Waals surface area contributed by atoms with Gasteiger partial charge < -0.3 is 10.2 Å². The molecule has 0 aliphatic heterocycles. The van der Waals surface area contributed by atoms with Gasteiger partial charge in [-0.2, -0.15) is 0 Å². The van der Waals surface area contributed by atoms with Crippen LogP contribution in [0.4, 0.5) is 5.69 Å². The number of hydrogen-bond donors (Lipinski definition) is 1. The van der Waals surface area contributed by atoms with Crippen LogP contribution in [0, 0.1) is 6.92 Å². The lowest BCUT2D eigenvalue weighted by Crippen LogP contribution is -2.38. The van der Waals surface area contributed by atoms with Crippen LogP contribution in [0.25, 0.3) is 0 Å². The molecule has 142 valence electrons. The van der Waals surface area contributed by atoms with Crippen LogP contribution in [0.15, 0.2) is 47.4 Å². The summed E-state index contributed by atoms with van der Waals surface area (Å²) in [6.45, 7) is 3.94. The van der Waals surface area contributed by atoms with Crippen LogP contribution in [0.5, 0.6) is 0 Å². The van der Waals surface area contributed by atoms with E-state index in [1.807, 2.05) is 38.1 Å². The Morgan fingerprint density at radius 3 is 2.56 bits per heavy atom. The van der Waals surface area contributed by atoms with Crippen LogP contribution >= 0.6 is 11.8 Å². The van der Waals surface area contributed by atoms with Crippen molar-refractivity contribution in [2.75, 3.05) is 18.9 Å². The van der Waals surface area contributed by atoms with Crippen molar-refractivity contribution in [3.05, 3.63) is 59.2 Å². The minimum Gasteiger partial charge on any atom is -0.335 e. The first-order chi connectivity index (χ1) is 12.9. The number of hydrogen-bond acceptors (Lipinski definition) is 3. The highest BCUT2D eigenvalue weighted by Crippen LogP contribution is 2.30. The Hall–Kier alpha value is -2.27. The molecule has 2 aromatic rings. The summed E-state index contributed by atoms with van der Waals surface area (Å²) in [5, 5.41) is 2.60. The normalized spacial score (nSPS) is 13.7. The first-order valence-electron chi connectivity index (χ1n) is 9.32. The third-order valence-corrected chi connectivity index (χ3v) is 5.90. The fraction of sp³-hybridized carbons (Fsp3) is 0.364. The van der Waals surface area contributed by atoms with Gasteiger partial charge in [0.1, 0.15) is 0 Å². The number of nitrogens with one attached hydrogen (secondary N) is 1. The van der Waals surface area contributed by atoms with Crippen molar-refractivity contribution in [2.24, 2.45) is 0 Å². The Bertz CT molecular complexity index is 833. The molecule has 4 nitrogen and oxygen atoms in total. The second-order valence-corrected chi connectivity index (χ2v) is 8.57. The zero-order valence-electron chi connectivity index (χ0n) is 16.1. The zero-order chi connectivity index (χ0) is 19.4. The molecule has 0 saturated carbocycles. The Balaban J connectivity index is 1.52. The van der Waals surface area contributed by atoms with Crippen LogP contribution in [0.3, 0.4) is 0 Å². The molecule has 1 aliphatic rings. The predicted molar refractivity (Wildman–Crippen MR) is 111 cm³/mol. The first kappa shape index (κ1) is 19.5. The van der Waals surface area contributed by atoms with Gasteiger partial charge in [0.25, 0.3) is 0 Å². The van der Waals surface area contributed by atoms with Crippen molar-refractivity contribution >= 4 is 29.3 Å². The van der Waals surface area contributed by atoms with Gasteiger partial charge in [0.15, 0.2) is 0 Å². The van der Waals surface area contributed by atoms with E-state index in [0.29, 0.717) is 0 Å². The Labute approximate surface area is 165 Å². The lowest BCUT2D eigenvalue weighted by molar-refractivity contribution is -0.132. The van der Waals surface area contributed by atoms with Crippen molar-refractivity contribution in [3.8, 4) is 0 Å². The van der Waals surface area contributed by atoms with E-state index < -0.39 is 0 Å². The molecule has 27 heavy (non-hydrogen) atoms. The Morgan fingerprint density at radius 1 is 1.11 bits per heavy atom. The summed E-state index contributed by atoms with van der Waals surface area (Å²) < 4.78 is 0. The average Bonchev–Trinajstić information content (AvgIpc) is 3.10. The fourth-order valence-corrected chi connectivity index (χ4v) is 4.36. The molecule has 0 saturated heterocycles. The van der Waals surface area contributed by atoms with Gasteiger partial charge in [-0.25, -0.2) is 0 Å². The topological polar surface area (TPSA) is 49.4 Å². The third kappa shape index (κ3) is 5.13. The molecular weight excluding hydrogens is 356 g/mol. The summed E-state index contributed by atoms with van der Waals surface area (Å²) in [7, 11) is 1.68. The molecule has 0 fully saturated rings. The van der Waals surface area contributed by atoms with Crippen LogP contribution in [0.2, 0.25) is 0 Å². The quantitative estimate of drug-likeness (QED) is 0.767. The van der Waals surface area contributed by atoms with Crippen molar-refractivity contribution in [2.45, 2.75) is 43.3 Å². The van der Waals surface area contributed by atoms with Gasteiger partial charge in [0, 0.05) is 17.6 Å². The highest BCUT2D eigenvalue weighted by Gasteiger charge is 2.21. The maximum atomic E-state index is 12.6. The number of likely N-dealkylation sites (N-methyl/N-ethyl adjacent to an activating group) is 1. The predicted octanol–water partition coefficient (Wildman–Crippen LogP) is 4.06. The minimum absolute atomic E-state index is 0.0421. The van der Waals surface area contributed by atoms with E-state index in [9.17, 15) is 9.59 Å². The van der Waals surface area contributed by atoms with Gasteiger partial charge in [0.05, 0.1) is 11.8 Å². The molecular formula is C22H26N2O2S. The molecule has 0 radical (unpaired) electrons. The van der Waals surface area contributed by atoms with Crippen LogP contribution < -0.4 is 5.32 Å². The van der Waals surface area contributed by atoms with Gasteiger partial charge in [-0.3, -0.25) is 9.59 Å². The number of anilines is 1. The van der Waals surface area contributed by atoms with Crippen LogP contribution in [0.1, 0.15) is 30.0 Å². The molecule has 1 N–H and O–H groups in total. The van der Waals surface area contributed by atoms with Gasteiger partial charge in [0.2, 0.25) is 11.8 Å². The number of benzene rings is 2. The summed E-state index contributed by atoms with van der Waals surface area (Å²) in [5.74, 6) is -0.232. The minimum atomic E-state index is -0.235. The molecule has 1 aliphatic carbocycles. The average molecular weight is 383 g/mol. The fourth-order valence-electron chi connectivity index (χ4n) is 3.32. The van der Waals surface area contributed by atoms with Gasteiger partial charge in [-0.15, -0.1) is 11.8 Å². The van der Waals surface area contributed by atoms with Gasteiger partial charge in [-0.1, -0.05) is 23.8 Å². The lowest BCUT2D eigenvalue weighted by Gasteiger charge is -2.21. The number of fused-ring (bicyclic) bond motifs is 1. The molecule has 0 bridgehead atoms. The van der Waals surface area contributed by atoms with Gasteiger partial charge >= 0.3 is 0 Å². The summed E-state index contributed by atoms with van der Waals surface area (Å²) >= 11 is 1.56. The van der Waals surface area contributed by atoms with Gasteiger partial charge in [-0.05, 0) is 68.5 Å². The maximum Gasteiger partial charge on any atom is 0.243 e. The van der Waals surface area contributed by atoms with E-state index in [2.05, 4.69) is 23.5 Å². The molecule has 1 atom stereocenters. The second-order valence-electron chi connectivity index (χ2n) is 7.15. The van der Waals surface area contributed by atoms with Crippen molar-refractivity contribution < 1.29 is 9.59 Å². The molecule has 2 amide bonds. The first-order valence-corrected chi connectivity index (χ1v) is 10.2. The zero-order valence-corrected chi connectivity index (χ0v) is 16.9. The van der Waals surface area contributed by atoms with E-state index in [-0.39, 0.29) is 23.6 Å². The summed E-state index contributed by atoms with van der Waals surface area (Å²) in [6, 6.07) is 14.1. The monoisotopic (exact) mass is 382 g/mol. The highest BCUT2D eigenvalue weighted by molar-refractivity contribution is 8.00. The molecule has 3 rings (SSSR count). The number of rotatable bonds is 6. The number of thioether (sulfide) groups is 1. The van der Waals surface area contributed by atoms with E-state index in [4.69, 9.17) is 0 Å². The van der Waals surface area contributed by atoms with E-state index in [1.54, 1.807) is 18.8 Å². The number of aryl methyl sites for hydroxylation is 3. The van der Waals surface area contributed by atoms with Crippen LogP contribution in [-0.4, -0.2) is 35.6 Å². The largest absolute Gasteiger partial charge is 0.335 e. The molecule has 0 aromatic heterocycles. The molecule has 5 heteroatoms. The third-order valence-electron chi connectivity index (χ3n) is 4.82. The number of carbonyl (C=O) groups excluding carboxylic acids is 2. The Morgan fingerprint density at radius 2 is 1.81 bits per heavy atom. The molecule has 2 aromatic carbocycles. The summed E-state index contributed by atoms with van der Waals surface area (Å²) in [5.41, 5.74) is 4.72. The SMILES string of the molecule is Cc1ccc(NC(=O)CN(C)C(=O)[C@H](C)Sc2ccc3c(c2)CCC3)cc1. The molecule has 0 unspecified atom stereocenters. The Kier molecular flexibility index (Phi) is 6.22. The summed E-state index contributed by atoms with van der Waals surface area (Å²) in [4.78, 5) is 27.5. The number of nitrogens with zero attached hydrogens (tertiary/aromatic N) is 1. The van der Waals surface area contributed by atoms with Crippen LogP contribution in [-0.2, 0) is 22.4 Å².